The second-order valence-corrected chi connectivity index (χ2v) is 14.8. The molecule has 8 rings (SSSR count). The molecule has 0 atom stereocenters. The van der Waals surface area contributed by atoms with Crippen molar-refractivity contribution >= 4 is 10.8 Å². The van der Waals surface area contributed by atoms with E-state index in [9.17, 15) is 0 Å². The smallest absolute Gasteiger partial charge is 0.146 e. The summed E-state index contributed by atoms with van der Waals surface area (Å²) >= 11 is 0. The molecule has 1 nitrogen and oxygen atoms in total. The number of aryl methyl sites for hydroxylation is 10. The van der Waals surface area contributed by atoms with Crippen LogP contribution in [-0.4, -0.2) is 0 Å². The van der Waals surface area contributed by atoms with Crippen molar-refractivity contribution in [3.63, 3.8) is 0 Å². The monoisotopic (exact) mass is 612 g/mol. The molecule has 0 amide bonds. The van der Waals surface area contributed by atoms with Crippen LogP contribution in [-0.2, 0) is 28.8 Å². The second-order valence-electron chi connectivity index (χ2n) is 14.8. The summed E-state index contributed by atoms with van der Waals surface area (Å²) in [5.74, 6) is 0. The molecule has 1 heterocycles. The number of hydrogen-bond donors (Lipinski definition) is 0. The number of benzene rings is 6. The Labute approximate surface area is 280 Å². The molecule has 47 heavy (non-hydrogen) atoms. The summed E-state index contributed by atoms with van der Waals surface area (Å²) in [7, 11) is 0. The molecule has 2 aliphatic rings. The van der Waals surface area contributed by atoms with Crippen molar-refractivity contribution in [2.45, 2.75) is 79.4 Å². The number of hydrogen-bond acceptors (Lipinski definition) is 1. The molecule has 0 bridgehead atoms. The van der Waals surface area contributed by atoms with E-state index in [0.717, 1.165) is 12.8 Å². The van der Waals surface area contributed by atoms with Gasteiger partial charge in [0.25, 0.3) is 0 Å². The number of rotatable bonds is 4. The third kappa shape index (κ3) is 4.47. The fourth-order valence-corrected chi connectivity index (χ4v) is 9.16. The first-order chi connectivity index (χ1) is 22.5. The molecule has 0 fully saturated rings. The van der Waals surface area contributed by atoms with Gasteiger partial charge < -0.3 is 4.74 Å². The lowest BCUT2D eigenvalue weighted by molar-refractivity contribution is -0.0851. The first-order valence-electron chi connectivity index (χ1n) is 17.1. The molecule has 0 saturated heterocycles. The summed E-state index contributed by atoms with van der Waals surface area (Å²) in [6, 6.07) is 37.6. The summed E-state index contributed by atoms with van der Waals surface area (Å²) in [5, 5.41) is 2.79. The van der Waals surface area contributed by atoms with Gasteiger partial charge in [0.1, 0.15) is 11.2 Å². The van der Waals surface area contributed by atoms with Crippen LogP contribution in [0.2, 0.25) is 0 Å². The number of ether oxygens (including phenoxy) is 1. The molecule has 0 radical (unpaired) electrons. The third-order valence-electron chi connectivity index (χ3n) is 10.6. The Balaban J connectivity index is 1.66. The van der Waals surface area contributed by atoms with E-state index in [-0.39, 0.29) is 0 Å². The van der Waals surface area contributed by atoms with Crippen molar-refractivity contribution in [2.24, 2.45) is 0 Å². The van der Waals surface area contributed by atoms with Crippen molar-refractivity contribution in [3.05, 3.63) is 186 Å². The Morgan fingerprint density at radius 2 is 0.638 bits per heavy atom. The van der Waals surface area contributed by atoms with Crippen molar-refractivity contribution < 1.29 is 4.74 Å². The van der Waals surface area contributed by atoms with Crippen LogP contribution < -0.4 is 0 Å². The van der Waals surface area contributed by atoms with E-state index in [4.69, 9.17) is 4.74 Å². The summed E-state index contributed by atoms with van der Waals surface area (Å²) in [5.41, 5.74) is 18.3. The Bertz CT molecular complexity index is 1930. The quantitative estimate of drug-likeness (QED) is 0.192. The molecule has 0 N–H and O–H groups in total. The SMILES string of the molecule is Cc1cc(C)cc(C2(c3cc(C)cc(C)c3)OC(c3cc(C)cc(C)c3)(c3cc(C)cc(C)c3)c3ccc4c5c(ccc2c35)CC4)c1. The summed E-state index contributed by atoms with van der Waals surface area (Å²) in [6.45, 7) is 17.7. The lowest BCUT2D eigenvalue weighted by Gasteiger charge is -2.51. The summed E-state index contributed by atoms with van der Waals surface area (Å²) in [6.07, 6.45) is 2.16. The Morgan fingerprint density at radius 3 is 0.915 bits per heavy atom. The van der Waals surface area contributed by atoms with Crippen LogP contribution in [0.4, 0.5) is 0 Å². The molecule has 0 saturated carbocycles. The minimum absolute atomic E-state index is 0.879. The van der Waals surface area contributed by atoms with E-state index in [1.54, 1.807) is 0 Å². The predicted molar refractivity (Wildman–Crippen MR) is 196 cm³/mol. The standard InChI is InChI=1S/C46H44O/c1-27-15-28(2)20-37(19-27)45(38-21-29(3)16-30(4)22-38)41-13-11-35-9-10-36-12-14-42(44(41)43(35)36)46(47-45,39-23-31(5)17-32(6)24-39)40-25-33(7)18-34(8)26-40/h11-26H,9-10H2,1-8H3. The maximum atomic E-state index is 8.36. The fraction of sp³-hybridized carbons (Fsp3) is 0.261. The average molecular weight is 613 g/mol. The molecule has 6 aromatic carbocycles. The molecule has 234 valence electrons. The topological polar surface area (TPSA) is 9.23 Å². The van der Waals surface area contributed by atoms with Gasteiger partial charge in [-0.15, -0.1) is 0 Å². The van der Waals surface area contributed by atoms with Crippen molar-refractivity contribution in [2.75, 3.05) is 0 Å². The van der Waals surface area contributed by atoms with Crippen LogP contribution in [0, 0.1) is 55.4 Å². The van der Waals surface area contributed by atoms with Crippen LogP contribution in [0.3, 0.4) is 0 Å². The molecular formula is C46H44O. The highest BCUT2D eigenvalue weighted by molar-refractivity contribution is 5.99. The molecular weight excluding hydrogens is 569 g/mol. The van der Waals surface area contributed by atoms with Gasteiger partial charge in [0.15, 0.2) is 0 Å². The lowest BCUT2D eigenvalue weighted by atomic mass is 9.67. The highest BCUT2D eigenvalue weighted by Crippen LogP contribution is 2.59. The van der Waals surface area contributed by atoms with Crippen molar-refractivity contribution in [1.82, 2.24) is 0 Å². The Hall–Kier alpha value is -4.46. The first kappa shape index (κ1) is 29.9. The third-order valence-corrected chi connectivity index (χ3v) is 10.6. The van der Waals surface area contributed by atoms with Crippen LogP contribution >= 0.6 is 0 Å². The van der Waals surface area contributed by atoms with Crippen LogP contribution in [0.1, 0.15) is 89.0 Å². The highest BCUT2D eigenvalue weighted by Gasteiger charge is 2.54. The first-order valence-corrected chi connectivity index (χ1v) is 17.1. The highest BCUT2D eigenvalue weighted by atomic mass is 16.5. The molecule has 1 aliphatic heterocycles. The maximum absolute atomic E-state index is 8.36. The Kier molecular flexibility index (Phi) is 6.70. The Morgan fingerprint density at radius 1 is 0.362 bits per heavy atom. The molecule has 1 aliphatic carbocycles. The minimum Gasteiger partial charge on any atom is -0.340 e. The van der Waals surface area contributed by atoms with Crippen molar-refractivity contribution in [1.29, 1.82) is 0 Å². The van der Waals surface area contributed by atoms with Gasteiger partial charge in [0.2, 0.25) is 0 Å². The second kappa shape index (κ2) is 10.5. The summed E-state index contributed by atoms with van der Waals surface area (Å²) in [4.78, 5) is 0. The van der Waals surface area contributed by atoms with E-state index in [1.807, 2.05) is 0 Å². The average Bonchev–Trinajstić information content (AvgIpc) is 3.42. The van der Waals surface area contributed by atoms with Gasteiger partial charge in [-0.25, -0.2) is 0 Å². The van der Waals surface area contributed by atoms with Crippen molar-refractivity contribution in [3.8, 4) is 0 Å². The predicted octanol–water partition coefficient (Wildman–Crippen LogP) is 11.0. The zero-order valence-corrected chi connectivity index (χ0v) is 29.1. The van der Waals surface area contributed by atoms with E-state index >= 15 is 0 Å². The molecule has 0 aromatic heterocycles. The van der Waals surface area contributed by atoms with Gasteiger partial charge in [-0.3, -0.25) is 0 Å². The fourth-order valence-electron chi connectivity index (χ4n) is 9.16. The van der Waals surface area contributed by atoms with Gasteiger partial charge in [0, 0.05) is 11.1 Å². The normalized spacial score (nSPS) is 15.7. The van der Waals surface area contributed by atoms with Gasteiger partial charge in [-0.1, -0.05) is 142 Å². The largest absolute Gasteiger partial charge is 0.340 e. The lowest BCUT2D eigenvalue weighted by Crippen LogP contribution is -2.48. The van der Waals surface area contributed by atoms with E-state index < -0.39 is 11.2 Å². The van der Waals surface area contributed by atoms with Gasteiger partial charge in [-0.2, -0.15) is 0 Å². The zero-order valence-electron chi connectivity index (χ0n) is 29.1. The van der Waals surface area contributed by atoms with Crippen LogP contribution in [0.5, 0.6) is 0 Å². The van der Waals surface area contributed by atoms with Crippen LogP contribution in [0.15, 0.2) is 97.1 Å². The van der Waals surface area contributed by atoms with Gasteiger partial charge >= 0.3 is 0 Å². The van der Waals surface area contributed by atoms with E-state index in [0.29, 0.717) is 0 Å². The van der Waals surface area contributed by atoms with E-state index in [1.165, 1.54) is 99.8 Å². The molecule has 6 aromatic rings. The maximum Gasteiger partial charge on any atom is 0.146 e. The van der Waals surface area contributed by atoms with E-state index in [2.05, 4.69) is 152 Å². The molecule has 0 spiro atoms. The minimum atomic E-state index is -0.879. The molecule has 1 heteroatoms. The van der Waals surface area contributed by atoms with Gasteiger partial charge in [-0.05, 0) is 112 Å². The molecule has 0 unspecified atom stereocenters. The zero-order chi connectivity index (χ0) is 32.8. The summed E-state index contributed by atoms with van der Waals surface area (Å²) < 4.78 is 8.36. The van der Waals surface area contributed by atoms with Crippen LogP contribution in [0.25, 0.3) is 10.8 Å². The van der Waals surface area contributed by atoms with Gasteiger partial charge in [0.05, 0.1) is 0 Å².